The Labute approximate surface area is 176 Å². The molecule has 8 nitrogen and oxygen atoms in total. The van der Waals surface area contributed by atoms with E-state index in [1.807, 2.05) is 35.9 Å². The Bertz CT molecular complexity index is 1200. The van der Waals surface area contributed by atoms with Crippen molar-refractivity contribution in [3.05, 3.63) is 82.4 Å². The lowest BCUT2D eigenvalue weighted by Gasteiger charge is -2.20. The van der Waals surface area contributed by atoms with Crippen molar-refractivity contribution in [2.75, 3.05) is 11.4 Å². The molecule has 0 bridgehead atoms. The predicted molar refractivity (Wildman–Crippen MR) is 116 cm³/mol. The minimum absolute atomic E-state index is 0.112. The molecule has 152 valence electrons. The highest BCUT2D eigenvalue weighted by Gasteiger charge is 2.22. The van der Waals surface area contributed by atoms with Crippen LogP contribution < -0.4 is 4.90 Å². The zero-order valence-corrected chi connectivity index (χ0v) is 17.1. The maximum Gasteiger partial charge on any atom is 0.270 e. The highest BCUT2D eigenvalue weighted by molar-refractivity contribution is 7.22. The van der Waals surface area contributed by atoms with E-state index in [-0.39, 0.29) is 17.2 Å². The van der Waals surface area contributed by atoms with Crippen molar-refractivity contribution in [2.45, 2.75) is 19.9 Å². The number of amides is 1. The van der Waals surface area contributed by atoms with Crippen LogP contribution in [0.4, 0.5) is 10.8 Å². The second-order valence-electron chi connectivity index (χ2n) is 6.89. The van der Waals surface area contributed by atoms with E-state index in [4.69, 9.17) is 0 Å². The first-order valence-corrected chi connectivity index (χ1v) is 10.2. The Kier molecular flexibility index (Phi) is 5.53. The number of aryl methyl sites for hydroxylation is 2. The number of fused-ring (bicyclic) bond motifs is 1. The van der Waals surface area contributed by atoms with Gasteiger partial charge in [0.25, 0.3) is 11.6 Å². The number of rotatable bonds is 7. The molecule has 2 aromatic heterocycles. The van der Waals surface area contributed by atoms with Crippen molar-refractivity contribution >= 4 is 38.3 Å². The maximum atomic E-state index is 13.3. The number of thiazole rings is 1. The van der Waals surface area contributed by atoms with Gasteiger partial charge in [-0.05, 0) is 37.1 Å². The van der Waals surface area contributed by atoms with Crippen molar-refractivity contribution in [1.29, 1.82) is 0 Å². The molecule has 2 heterocycles. The lowest BCUT2D eigenvalue weighted by molar-refractivity contribution is -0.384. The van der Waals surface area contributed by atoms with Crippen molar-refractivity contribution < 1.29 is 9.72 Å². The van der Waals surface area contributed by atoms with Gasteiger partial charge in [0.05, 0.1) is 21.5 Å². The van der Waals surface area contributed by atoms with Gasteiger partial charge in [-0.15, -0.1) is 0 Å². The molecule has 9 heteroatoms. The summed E-state index contributed by atoms with van der Waals surface area (Å²) in [5, 5.41) is 11.7. The summed E-state index contributed by atoms with van der Waals surface area (Å²) in [5.41, 5.74) is 2.10. The molecule has 0 aliphatic carbocycles. The first-order valence-electron chi connectivity index (χ1n) is 9.40. The molecule has 1 amide bonds. The van der Waals surface area contributed by atoms with Gasteiger partial charge in [0.2, 0.25) is 0 Å². The maximum absolute atomic E-state index is 13.3. The molecule has 2 aromatic carbocycles. The number of hydrogen-bond donors (Lipinski definition) is 0. The average Bonchev–Trinajstić information content (AvgIpc) is 3.40. The molecule has 0 unspecified atom stereocenters. The predicted octanol–water partition coefficient (Wildman–Crippen LogP) is 4.45. The van der Waals surface area contributed by atoms with E-state index in [0.717, 1.165) is 15.8 Å². The average molecular weight is 421 g/mol. The third kappa shape index (κ3) is 4.20. The van der Waals surface area contributed by atoms with E-state index in [0.29, 0.717) is 24.6 Å². The van der Waals surface area contributed by atoms with E-state index in [2.05, 4.69) is 9.97 Å². The van der Waals surface area contributed by atoms with Gasteiger partial charge in [-0.25, -0.2) is 9.97 Å². The lowest BCUT2D eigenvalue weighted by atomic mass is 10.1. The number of nitro benzene ring substituents is 1. The summed E-state index contributed by atoms with van der Waals surface area (Å²) in [6.07, 6.45) is 5.99. The molecule has 0 fully saturated rings. The molecule has 0 spiro atoms. The Hall–Kier alpha value is -3.59. The molecule has 4 rings (SSSR count). The third-order valence-corrected chi connectivity index (χ3v) is 5.71. The van der Waals surface area contributed by atoms with Crippen LogP contribution >= 0.6 is 11.3 Å². The molecule has 0 saturated carbocycles. The van der Waals surface area contributed by atoms with Gasteiger partial charge in [0, 0.05) is 43.2 Å². The van der Waals surface area contributed by atoms with Crippen LogP contribution in [0.2, 0.25) is 0 Å². The number of carbonyl (C=O) groups excluding carboxylic acids is 1. The zero-order chi connectivity index (χ0) is 21.1. The van der Waals surface area contributed by atoms with Crippen LogP contribution in [0, 0.1) is 17.0 Å². The summed E-state index contributed by atoms with van der Waals surface area (Å²) >= 11 is 1.44. The fraction of sp³-hybridized carbons (Fsp3) is 0.190. The normalized spacial score (nSPS) is 11.0. The van der Waals surface area contributed by atoms with Crippen molar-refractivity contribution in [3.63, 3.8) is 0 Å². The molecule has 0 N–H and O–H groups in total. The fourth-order valence-electron chi connectivity index (χ4n) is 3.16. The van der Waals surface area contributed by atoms with Gasteiger partial charge in [0.1, 0.15) is 0 Å². The number of hydrogen-bond acceptors (Lipinski definition) is 6. The number of aromatic nitrogens is 3. The van der Waals surface area contributed by atoms with Crippen LogP contribution in [0.3, 0.4) is 0 Å². The summed E-state index contributed by atoms with van der Waals surface area (Å²) in [7, 11) is 0. The van der Waals surface area contributed by atoms with Gasteiger partial charge in [-0.1, -0.05) is 23.5 Å². The van der Waals surface area contributed by atoms with Gasteiger partial charge in [-0.2, -0.15) is 0 Å². The summed E-state index contributed by atoms with van der Waals surface area (Å²) in [6, 6.07) is 11.8. The van der Waals surface area contributed by atoms with Crippen molar-refractivity contribution in [2.24, 2.45) is 0 Å². The molecular formula is C21H19N5O3S. The lowest BCUT2D eigenvalue weighted by Crippen LogP contribution is -2.32. The third-order valence-electron chi connectivity index (χ3n) is 4.67. The van der Waals surface area contributed by atoms with Crippen LogP contribution in [0.25, 0.3) is 10.2 Å². The topological polar surface area (TPSA) is 94.2 Å². The van der Waals surface area contributed by atoms with Crippen LogP contribution in [0.15, 0.2) is 61.2 Å². The molecule has 0 aliphatic rings. The van der Waals surface area contributed by atoms with Crippen LogP contribution in [0.1, 0.15) is 22.3 Å². The Morgan fingerprint density at radius 2 is 2.13 bits per heavy atom. The highest BCUT2D eigenvalue weighted by atomic mass is 32.1. The van der Waals surface area contributed by atoms with Crippen molar-refractivity contribution in [3.8, 4) is 0 Å². The number of nitro groups is 1. The number of nitrogens with zero attached hydrogens (tertiary/aromatic N) is 5. The standard InChI is InChI=1S/C21H19N5O3S/c1-15-6-7-18-19(12-15)30-21(23-18)25(10-3-9-24-11-8-22-14-24)20(27)16-4-2-5-17(13-16)26(28)29/h2,4-8,11-14H,3,9-10H2,1H3. The molecule has 0 radical (unpaired) electrons. The first kappa shape index (κ1) is 19.7. The van der Waals surface area contributed by atoms with E-state index in [9.17, 15) is 14.9 Å². The Morgan fingerprint density at radius 3 is 2.90 bits per heavy atom. The van der Waals surface area contributed by atoms with E-state index in [1.54, 1.807) is 23.5 Å². The second kappa shape index (κ2) is 8.42. The molecule has 0 saturated heterocycles. The van der Waals surface area contributed by atoms with Crippen LogP contribution in [-0.2, 0) is 6.54 Å². The smallest absolute Gasteiger partial charge is 0.270 e. The number of benzene rings is 2. The number of imidazole rings is 1. The van der Waals surface area contributed by atoms with Crippen LogP contribution in [0.5, 0.6) is 0 Å². The second-order valence-corrected chi connectivity index (χ2v) is 7.90. The molecule has 30 heavy (non-hydrogen) atoms. The van der Waals surface area contributed by atoms with Crippen LogP contribution in [-0.4, -0.2) is 31.9 Å². The molecule has 0 aliphatic heterocycles. The van der Waals surface area contributed by atoms with Gasteiger partial charge in [-0.3, -0.25) is 19.8 Å². The monoisotopic (exact) mass is 421 g/mol. The first-order chi connectivity index (χ1) is 14.5. The summed E-state index contributed by atoms with van der Waals surface area (Å²) in [6.45, 7) is 3.14. The summed E-state index contributed by atoms with van der Waals surface area (Å²) in [4.78, 5) is 34.2. The SMILES string of the molecule is Cc1ccc2nc(N(CCCn3ccnc3)C(=O)c3cccc([N+](=O)[O-])c3)sc2c1. The quantitative estimate of drug-likeness (QED) is 0.325. The number of non-ortho nitro benzene ring substituents is 1. The number of carbonyl (C=O) groups is 1. The number of anilines is 1. The van der Waals surface area contributed by atoms with E-state index in [1.165, 1.54) is 29.5 Å². The Balaban J connectivity index is 1.65. The summed E-state index contributed by atoms with van der Waals surface area (Å²) < 4.78 is 2.94. The molecule has 4 aromatic rings. The van der Waals surface area contributed by atoms with E-state index < -0.39 is 4.92 Å². The minimum atomic E-state index is -0.499. The van der Waals surface area contributed by atoms with Gasteiger partial charge < -0.3 is 4.57 Å². The molecule has 0 atom stereocenters. The fourth-order valence-corrected chi connectivity index (χ4v) is 4.25. The minimum Gasteiger partial charge on any atom is -0.337 e. The van der Waals surface area contributed by atoms with E-state index >= 15 is 0 Å². The summed E-state index contributed by atoms with van der Waals surface area (Å²) in [5.74, 6) is -0.305. The van der Waals surface area contributed by atoms with Gasteiger partial charge in [0.15, 0.2) is 5.13 Å². The van der Waals surface area contributed by atoms with Gasteiger partial charge >= 0.3 is 0 Å². The Morgan fingerprint density at radius 1 is 1.27 bits per heavy atom. The zero-order valence-electron chi connectivity index (χ0n) is 16.3. The molecular weight excluding hydrogens is 402 g/mol. The van der Waals surface area contributed by atoms with Crippen molar-refractivity contribution in [1.82, 2.24) is 14.5 Å². The largest absolute Gasteiger partial charge is 0.337 e. The highest BCUT2D eigenvalue weighted by Crippen LogP contribution is 2.31.